The first-order valence-electron chi connectivity index (χ1n) is 12.9. The van der Waals surface area contributed by atoms with Gasteiger partial charge in [-0.15, -0.1) is 0 Å². The van der Waals surface area contributed by atoms with E-state index in [-0.39, 0.29) is 23.0 Å². The van der Waals surface area contributed by atoms with E-state index in [1.54, 1.807) is 81.4 Å². The molecule has 0 saturated heterocycles. The molecule has 0 aliphatic carbocycles. The number of carbonyl (C=O) groups is 2. The van der Waals surface area contributed by atoms with Gasteiger partial charge in [0, 0.05) is 13.1 Å². The molecule has 0 fully saturated rings. The van der Waals surface area contributed by atoms with Crippen LogP contribution in [0.4, 0.5) is 5.69 Å². The van der Waals surface area contributed by atoms with Crippen LogP contribution in [0, 0.1) is 0 Å². The Labute approximate surface area is 245 Å². The van der Waals surface area contributed by atoms with Crippen LogP contribution in [-0.2, 0) is 26.2 Å². The summed E-state index contributed by atoms with van der Waals surface area (Å²) in [5, 5.41) is 3.43. The summed E-state index contributed by atoms with van der Waals surface area (Å²) in [6, 6.07) is 18.6. The number of hydrogen-bond donors (Lipinski definition) is 1. The van der Waals surface area contributed by atoms with Gasteiger partial charge in [0.2, 0.25) is 11.8 Å². The van der Waals surface area contributed by atoms with Crippen LogP contribution in [0.1, 0.15) is 32.8 Å². The first-order chi connectivity index (χ1) is 19.1. The molecule has 0 radical (unpaired) electrons. The van der Waals surface area contributed by atoms with Crippen molar-refractivity contribution in [3.8, 4) is 5.75 Å². The van der Waals surface area contributed by atoms with Gasteiger partial charge in [0.05, 0.1) is 27.2 Å². The zero-order valence-corrected chi connectivity index (χ0v) is 25.0. The zero-order chi connectivity index (χ0) is 29.3. The van der Waals surface area contributed by atoms with Gasteiger partial charge >= 0.3 is 0 Å². The molecule has 0 unspecified atom stereocenters. The van der Waals surface area contributed by atoms with Crippen molar-refractivity contribution < 1.29 is 22.7 Å². The van der Waals surface area contributed by atoms with E-state index < -0.39 is 28.5 Å². The van der Waals surface area contributed by atoms with E-state index in [9.17, 15) is 18.0 Å². The Hall–Kier alpha value is -3.27. The van der Waals surface area contributed by atoms with Gasteiger partial charge in [-0.3, -0.25) is 13.9 Å². The summed E-state index contributed by atoms with van der Waals surface area (Å²) < 4.78 is 34.7. The van der Waals surface area contributed by atoms with E-state index in [2.05, 4.69) is 5.32 Å². The molecule has 2 amide bonds. The van der Waals surface area contributed by atoms with E-state index in [1.165, 1.54) is 17.0 Å². The molecular weight excluding hydrogens is 573 g/mol. The SMILES string of the molecule is CCNC(=O)[C@@H](CC)N(Cc1ccc(Cl)c(Cl)c1)C(=O)CN(c1ccccc1OCC)S(=O)(=O)c1ccccc1. The minimum atomic E-state index is -4.20. The Kier molecular flexibility index (Phi) is 11.2. The number of rotatable bonds is 13. The monoisotopic (exact) mass is 605 g/mol. The van der Waals surface area contributed by atoms with Gasteiger partial charge in [-0.1, -0.05) is 66.5 Å². The fourth-order valence-corrected chi connectivity index (χ4v) is 5.99. The molecule has 3 rings (SSSR count). The standard InChI is InChI=1S/C29H33Cl2N3O5S/c1-4-25(29(36)32-5-2)33(19-21-16-17-23(30)24(31)18-21)28(35)20-34(26-14-10-11-15-27(26)39-6-3)40(37,38)22-12-8-7-9-13-22/h7-18,25H,4-6,19-20H2,1-3H3,(H,32,36)/t25-/m1/s1. The normalized spacial score (nSPS) is 11.9. The Morgan fingerprint density at radius 3 is 2.23 bits per heavy atom. The molecule has 0 aliphatic heterocycles. The van der Waals surface area contributed by atoms with E-state index >= 15 is 0 Å². The first-order valence-corrected chi connectivity index (χ1v) is 15.1. The number of ether oxygens (including phenoxy) is 1. The van der Waals surface area contributed by atoms with Crippen molar-refractivity contribution in [3.05, 3.63) is 88.4 Å². The molecule has 3 aromatic rings. The third-order valence-corrected chi connectivity index (χ3v) is 8.63. The lowest BCUT2D eigenvalue weighted by atomic mass is 10.1. The predicted molar refractivity (Wildman–Crippen MR) is 158 cm³/mol. The van der Waals surface area contributed by atoms with Crippen molar-refractivity contribution in [2.45, 2.75) is 44.7 Å². The topological polar surface area (TPSA) is 96.0 Å². The number of carbonyl (C=O) groups excluding carboxylic acids is 2. The summed E-state index contributed by atoms with van der Waals surface area (Å²) in [6.07, 6.45) is 0.305. The number of halogens is 2. The van der Waals surface area contributed by atoms with Crippen LogP contribution in [-0.4, -0.2) is 50.9 Å². The summed E-state index contributed by atoms with van der Waals surface area (Å²) in [5.74, 6) is -0.607. The Morgan fingerprint density at radius 1 is 0.925 bits per heavy atom. The number of nitrogens with one attached hydrogen (secondary N) is 1. The fourth-order valence-electron chi connectivity index (χ4n) is 4.22. The second kappa shape index (κ2) is 14.4. The second-order valence-electron chi connectivity index (χ2n) is 8.81. The van der Waals surface area contributed by atoms with E-state index in [1.807, 2.05) is 0 Å². The molecule has 214 valence electrons. The third-order valence-electron chi connectivity index (χ3n) is 6.12. The molecule has 40 heavy (non-hydrogen) atoms. The van der Waals surface area contributed by atoms with Crippen LogP contribution in [0.3, 0.4) is 0 Å². The van der Waals surface area contributed by atoms with Gasteiger partial charge in [0.25, 0.3) is 10.0 Å². The van der Waals surface area contributed by atoms with Crippen molar-refractivity contribution in [1.29, 1.82) is 0 Å². The lowest BCUT2D eigenvalue weighted by Crippen LogP contribution is -2.52. The Bertz CT molecular complexity index is 1420. The summed E-state index contributed by atoms with van der Waals surface area (Å²) in [6.45, 7) is 5.47. The highest BCUT2D eigenvalue weighted by molar-refractivity contribution is 7.92. The number of nitrogens with zero attached hydrogens (tertiary/aromatic N) is 2. The van der Waals surface area contributed by atoms with Crippen LogP contribution in [0.5, 0.6) is 5.75 Å². The minimum absolute atomic E-state index is 0.0116. The number of sulfonamides is 1. The highest BCUT2D eigenvalue weighted by Crippen LogP contribution is 2.33. The quantitative estimate of drug-likeness (QED) is 0.276. The van der Waals surface area contributed by atoms with E-state index in [0.717, 1.165) is 4.31 Å². The molecule has 11 heteroatoms. The summed E-state index contributed by atoms with van der Waals surface area (Å²) in [7, 11) is -4.20. The number of hydrogen-bond acceptors (Lipinski definition) is 5. The smallest absolute Gasteiger partial charge is 0.264 e. The lowest BCUT2D eigenvalue weighted by Gasteiger charge is -2.33. The molecular formula is C29H33Cl2N3O5S. The summed E-state index contributed by atoms with van der Waals surface area (Å²) in [5.41, 5.74) is 0.847. The summed E-state index contributed by atoms with van der Waals surface area (Å²) >= 11 is 12.3. The number of benzene rings is 3. The van der Waals surface area contributed by atoms with Crippen molar-refractivity contribution in [1.82, 2.24) is 10.2 Å². The van der Waals surface area contributed by atoms with Gasteiger partial charge in [0.15, 0.2) is 0 Å². The zero-order valence-electron chi connectivity index (χ0n) is 22.6. The van der Waals surface area contributed by atoms with E-state index in [4.69, 9.17) is 27.9 Å². The number of likely N-dealkylation sites (N-methyl/N-ethyl adjacent to an activating group) is 1. The van der Waals surface area contributed by atoms with Crippen molar-refractivity contribution in [3.63, 3.8) is 0 Å². The molecule has 0 aromatic heterocycles. The maximum Gasteiger partial charge on any atom is 0.264 e. The number of anilines is 1. The number of amides is 2. The van der Waals surface area contributed by atoms with Gasteiger partial charge in [-0.2, -0.15) is 0 Å². The summed E-state index contributed by atoms with van der Waals surface area (Å²) in [4.78, 5) is 28.5. The maximum absolute atomic E-state index is 14.1. The Morgan fingerprint density at radius 2 is 1.60 bits per heavy atom. The molecule has 8 nitrogen and oxygen atoms in total. The highest BCUT2D eigenvalue weighted by atomic mass is 35.5. The van der Waals surface area contributed by atoms with Gasteiger partial charge < -0.3 is 15.0 Å². The Balaban J connectivity index is 2.11. The largest absolute Gasteiger partial charge is 0.492 e. The lowest BCUT2D eigenvalue weighted by molar-refractivity contribution is -0.140. The molecule has 0 heterocycles. The van der Waals surface area contributed by atoms with Gasteiger partial charge in [-0.05, 0) is 62.2 Å². The molecule has 1 atom stereocenters. The molecule has 0 saturated carbocycles. The average Bonchev–Trinajstić information content (AvgIpc) is 2.94. The van der Waals surface area contributed by atoms with Gasteiger partial charge in [0.1, 0.15) is 18.3 Å². The number of para-hydroxylation sites is 2. The average molecular weight is 607 g/mol. The van der Waals surface area contributed by atoms with Crippen LogP contribution in [0.25, 0.3) is 0 Å². The third kappa shape index (κ3) is 7.47. The van der Waals surface area contributed by atoms with Crippen LogP contribution < -0.4 is 14.4 Å². The molecule has 0 aliphatic rings. The van der Waals surface area contributed by atoms with Gasteiger partial charge in [-0.25, -0.2) is 8.42 Å². The van der Waals surface area contributed by atoms with Crippen LogP contribution in [0.2, 0.25) is 10.0 Å². The predicted octanol–water partition coefficient (Wildman–Crippen LogP) is 5.53. The molecule has 0 bridgehead atoms. The van der Waals surface area contributed by atoms with E-state index in [0.29, 0.717) is 40.9 Å². The highest BCUT2D eigenvalue weighted by Gasteiger charge is 2.34. The molecule has 3 aromatic carbocycles. The molecule has 1 N–H and O–H groups in total. The van der Waals surface area contributed by atoms with Crippen molar-refractivity contribution in [2.24, 2.45) is 0 Å². The second-order valence-corrected chi connectivity index (χ2v) is 11.5. The fraction of sp³-hybridized carbons (Fsp3) is 0.310. The van der Waals surface area contributed by atoms with Crippen molar-refractivity contribution >= 4 is 50.7 Å². The van der Waals surface area contributed by atoms with Crippen molar-refractivity contribution in [2.75, 3.05) is 24.0 Å². The maximum atomic E-state index is 14.1. The molecule has 0 spiro atoms. The minimum Gasteiger partial charge on any atom is -0.492 e. The first kappa shape index (κ1) is 31.3. The van der Waals surface area contributed by atoms with Crippen LogP contribution >= 0.6 is 23.2 Å². The van der Waals surface area contributed by atoms with Crippen LogP contribution in [0.15, 0.2) is 77.7 Å².